The third-order valence-corrected chi connectivity index (χ3v) is 6.01. The van der Waals surface area contributed by atoms with Crippen molar-refractivity contribution in [3.05, 3.63) is 18.2 Å². The normalized spacial score (nSPS) is 12.2. The predicted molar refractivity (Wildman–Crippen MR) is 120 cm³/mol. The Balaban J connectivity index is 3.01. The number of carbonyl (C=O) groups is 2. The molecule has 0 fully saturated rings. The zero-order valence-corrected chi connectivity index (χ0v) is 20.1. The van der Waals surface area contributed by atoms with Gasteiger partial charge in [-0.05, 0) is 45.5 Å². The summed E-state index contributed by atoms with van der Waals surface area (Å²) in [7, 11) is 2.88. The van der Waals surface area contributed by atoms with Crippen molar-refractivity contribution in [1.29, 1.82) is 0 Å². The SMILES string of the molecule is CCN(CC(=O)Nc1cc(S(=O)(=O)N(C)C)ccc1N(C)C)CC(=O)NC(C)(C)C. The molecular weight excluding hydrogens is 406 g/mol. The van der Waals surface area contributed by atoms with Gasteiger partial charge >= 0.3 is 0 Å². The lowest BCUT2D eigenvalue weighted by molar-refractivity contribution is -0.124. The highest BCUT2D eigenvalue weighted by Gasteiger charge is 2.21. The third kappa shape index (κ3) is 7.58. The highest BCUT2D eigenvalue weighted by atomic mass is 32.2. The van der Waals surface area contributed by atoms with Gasteiger partial charge in [0.05, 0.1) is 29.4 Å². The summed E-state index contributed by atoms with van der Waals surface area (Å²) in [5.74, 6) is -0.492. The quantitative estimate of drug-likeness (QED) is 0.597. The molecule has 0 unspecified atom stereocenters. The first-order valence-electron chi connectivity index (χ1n) is 9.74. The number of nitrogens with zero attached hydrogens (tertiary/aromatic N) is 3. The van der Waals surface area contributed by atoms with E-state index in [1.807, 2.05) is 27.7 Å². The second-order valence-electron chi connectivity index (χ2n) is 8.51. The van der Waals surface area contributed by atoms with Crippen molar-refractivity contribution < 1.29 is 18.0 Å². The number of anilines is 2. The summed E-state index contributed by atoms with van der Waals surface area (Å²) >= 11 is 0. The van der Waals surface area contributed by atoms with E-state index in [9.17, 15) is 18.0 Å². The molecule has 0 radical (unpaired) electrons. The van der Waals surface area contributed by atoms with Gasteiger partial charge in [-0.3, -0.25) is 14.5 Å². The fourth-order valence-electron chi connectivity index (χ4n) is 2.71. The van der Waals surface area contributed by atoms with Crippen molar-refractivity contribution in [2.24, 2.45) is 0 Å². The van der Waals surface area contributed by atoms with E-state index in [1.54, 1.807) is 30.0 Å². The molecule has 9 nitrogen and oxygen atoms in total. The first kappa shape index (κ1) is 25.9. The molecule has 10 heteroatoms. The van der Waals surface area contributed by atoms with Gasteiger partial charge in [-0.15, -0.1) is 0 Å². The van der Waals surface area contributed by atoms with Crippen molar-refractivity contribution in [3.8, 4) is 0 Å². The maximum atomic E-state index is 12.7. The first-order chi connectivity index (χ1) is 13.7. The first-order valence-corrected chi connectivity index (χ1v) is 11.2. The molecule has 1 aromatic carbocycles. The fourth-order valence-corrected chi connectivity index (χ4v) is 3.64. The monoisotopic (exact) mass is 441 g/mol. The molecular formula is C20H35N5O4S. The molecule has 2 amide bonds. The molecule has 0 heterocycles. The Bertz CT molecular complexity index is 860. The van der Waals surface area contributed by atoms with Gasteiger partial charge in [-0.2, -0.15) is 0 Å². The van der Waals surface area contributed by atoms with Crippen LogP contribution < -0.4 is 15.5 Å². The second-order valence-corrected chi connectivity index (χ2v) is 10.7. The summed E-state index contributed by atoms with van der Waals surface area (Å²) < 4.78 is 26.0. The zero-order chi connectivity index (χ0) is 23.3. The molecule has 1 aromatic rings. The van der Waals surface area contributed by atoms with Gasteiger partial charge in [0.15, 0.2) is 0 Å². The van der Waals surface area contributed by atoms with Crippen molar-refractivity contribution in [2.45, 2.75) is 38.1 Å². The van der Waals surface area contributed by atoms with E-state index in [0.29, 0.717) is 17.9 Å². The molecule has 0 atom stereocenters. The average Bonchev–Trinajstić information content (AvgIpc) is 2.58. The van der Waals surface area contributed by atoms with Crippen molar-refractivity contribution >= 4 is 33.2 Å². The average molecular weight is 442 g/mol. The lowest BCUT2D eigenvalue weighted by Crippen LogP contribution is -2.47. The van der Waals surface area contributed by atoms with Crippen LogP contribution in [-0.4, -0.2) is 82.8 Å². The molecule has 1 rings (SSSR count). The summed E-state index contributed by atoms with van der Waals surface area (Å²) in [6.45, 7) is 8.17. The van der Waals surface area contributed by atoms with Crippen molar-refractivity contribution in [3.63, 3.8) is 0 Å². The van der Waals surface area contributed by atoms with Crippen molar-refractivity contribution in [2.75, 3.05) is 58.0 Å². The predicted octanol–water partition coefficient (Wildman–Crippen LogP) is 1.18. The number of benzene rings is 1. The largest absolute Gasteiger partial charge is 0.376 e. The summed E-state index contributed by atoms with van der Waals surface area (Å²) in [5.41, 5.74) is 0.718. The van der Waals surface area contributed by atoms with Gasteiger partial charge in [-0.25, -0.2) is 12.7 Å². The van der Waals surface area contributed by atoms with Crippen LogP contribution >= 0.6 is 0 Å². The van der Waals surface area contributed by atoms with Gasteiger partial charge < -0.3 is 15.5 Å². The molecule has 0 aliphatic rings. The summed E-state index contributed by atoms with van der Waals surface area (Å²) in [6.07, 6.45) is 0. The molecule has 0 saturated heterocycles. The van der Waals surface area contributed by atoms with Gasteiger partial charge in [0.1, 0.15) is 0 Å². The number of rotatable bonds is 9. The van der Waals surface area contributed by atoms with Gasteiger partial charge in [0, 0.05) is 33.7 Å². The Morgan fingerprint density at radius 3 is 2.03 bits per heavy atom. The van der Waals surface area contributed by atoms with E-state index in [0.717, 1.165) is 4.31 Å². The van der Waals surface area contributed by atoms with Gasteiger partial charge in [-0.1, -0.05) is 6.92 Å². The van der Waals surface area contributed by atoms with E-state index in [4.69, 9.17) is 0 Å². The van der Waals surface area contributed by atoms with Gasteiger partial charge in [0.2, 0.25) is 21.8 Å². The number of likely N-dealkylation sites (N-methyl/N-ethyl adjacent to an activating group) is 1. The maximum absolute atomic E-state index is 12.7. The molecule has 30 heavy (non-hydrogen) atoms. The number of carbonyl (C=O) groups excluding carboxylic acids is 2. The smallest absolute Gasteiger partial charge is 0.242 e. The van der Waals surface area contributed by atoms with Crippen LogP contribution in [0.4, 0.5) is 11.4 Å². The second kappa shape index (κ2) is 10.2. The number of hydrogen-bond donors (Lipinski definition) is 2. The molecule has 0 saturated carbocycles. The minimum atomic E-state index is -3.64. The van der Waals surface area contributed by atoms with Crippen LogP contribution in [0.25, 0.3) is 0 Å². The van der Waals surface area contributed by atoms with Crippen molar-refractivity contribution in [1.82, 2.24) is 14.5 Å². The fraction of sp³-hybridized carbons (Fsp3) is 0.600. The Morgan fingerprint density at radius 2 is 1.57 bits per heavy atom. The van der Waals surface area contributed by atoms with Crippen LogP contribution in [0.5, 0.6) is 0 Å². The van der Waals surface area contributed by atoms with Crippen LogP contribution in [0.15, 0.2) is 23.1 Å². The minimum absolute atomic E-state index is 0.00555. The van der Waals surface area contributed by atoms with Crippen LogP contribution in [-0.2, 0) is 19.6 Å². The Labute approximate surface area is 180 Å². The number of nitrogens with one attached hydrogen (secondary N) is 2. The van der Waals surface area contributed by atoms with E-state index in [2.05, 4.69) is 10.6 Å². The van der Waals surface area contributed by atoms with E-state index in [-0.39, 0.29) is 35.3 Å². The number of hydrogen-bond acceptors (Lipinski definition) is 6. The number of amides is 2. The van der Waals surface area contributed by atoms with Crippen LogP contribution in [0.1, 0.15) is 27.7 Å². The van der Waals surface area contributed by atoms with Crippen LogP contribution in [0.3, 0.4) is 0 Å². The van der Waals surface area contributed by atoms with Gasteiger partial charge in [0.25, 0.3) is 0 Å². The zero-order valence-electron chi connectivity index (χ0n) is 19.2. The lowest BCUT2D eigenvalue weighted by atomic mass is 10.1. The Morgan fingerprint density at radius 1 is 1.00 bits per heavy atom. The topological polar surface area (TPSA) is 102 Å². The molecule has 0 bridgehead atoms. The standard InChI is InChI=1S/C20H35N5O4S/c1-9-25(14-19(27)22-20(2,3)4)13-18(26)21-16-12-15(30(28,29)24(7)8)10-11-17(16)23(5)6/h10-12H,9,13-14H2,1-8H3,(H,21,26)(H,22,27). The molecule has 2 N–H and O–H groups in total. The Hall–Kier alpha value is -2.17. The number of sulfonamides is 1. The summed E-state index contributed by atoms with van der Waals surface area (Å²) in [6, 6.07) is 4.61. The molecule has 0 aromatic heterocycles. The van der Waals surface area contributed by atoms with E-state index in [1.165, 1.54) is 26.2 Å². The van der Waals surface area contributed by atoms with Crippen LogP contribution in [0.2, 0.25) is 0 Å². The van der Waals surface area contributed by atoms with Crippen LogP contribution in [0, 0.1) is 0 Å². The molecule has 0 spiro atoms. The van der Waals surface area contributed by atoms with E-state index >= 15 is 0 Å². The summed E-state index contributed by atoms with van der Waals surface area (Å²) in [4.78, 5) is 28.4. The molecule has 0 aliphatic carbocycles. The Kier molecular flexibility index (Phi) is 8.82. The third-order valence-electron chi connectivity index (χ3n) is 4.20. The van der Waals surface area contributed by atoms with E-state index < -0.39 is 10.0 Å². The highest BCUT2D eigenvalue weighted by Crippen LogP contribution is 2.28. The molecule has 0 aliphatic heterocycles. The lowest BCUT2D eigenvalue weighted by Gasteiger charge is -2.25. The minimum Gasteiger partial charge on any atom is -0.376 e. The maximum Gasteiger partial charge on any atom is 0.242 e. The summed E-state index contributed by atoms with van der Waals surface area (Å²) in [5, 5.41) is 5.67. The molecule has 170 valence electrons. The highest BCUT2D eigenvalue weighted by molar-refractivity contribution is 7.89.